The molecule has 1 heterocycles. The van der Waals surface area contributed by atoms with E-state index in [1.54, 1.807) is 0 Å². The van der Waals surface area contributed by atoms with Crippen LogP contribution >= 0.6 is 17.0 Å². The zero-order valence-electron chi connectivity index (χ0n) is 14.7. The first kappa shape index (κ1) is 20.5. The first-order valence-electron chi connectivity index (χ1n) is 8.17. The van der Waals surface area contributed by atoms with Crippen LogP contribution in [-0.2, 0) is 23.8 Å². The Hall–Kier alpha value is -2.80. The average molecular weight is 434 g/mol. The Bertz CT molecular complexity index is 795. The Kier molecular flexibility index (Phi) is 7.43. The van der Waals surface area contributed by atoms with Gasteiger partial charge in [-0.3, -0.25) is 4.79 Å². The fourth-order valence-corrected chi connectivity index (χ4v) is 2.66. The lowest BCUT2D eigenvalue weighted by atomic mass is 10.0. The summed E-state index contributed by atoms with van der Waals surface area (Å²) in [6.45, 7) is -0.0138. The van der Waals surface area contributed by atoms with Crippen LogP contribution in [0, 0.1) is 0 Å². The molecule has 2 aromatic rings. The van der Waals surface area contributed by atoms with Gasteiger partial charge in [0.2, 0.25) is 0 Å². The minimum absolute atomic E-state index is 0. The van der Waals surface area contributed by atoms with Gasteiger partial charge in [-0.25, -0.2) is 4.79 Å². The van der Waals surface area contributed by atoms with E-state index in [1.165, 1.54) is 13.2 Å². The molecule has 2 unspecified atom stereocenters. The first-order valence-corrected chi connectivity index (χ1v) is 8.17. The normalized spacial score (nSPS) is 16.4. The maximum absolute atomic E-state index is 12.3. The number of hydrogen-bond acceptors (Lipinski definition) is 6. The van der Waals surface area contributed by atoms with Gasteiger partial charge < -0.3 is 19.5 Å². The molecule has 3 rings (SSSR count). The third-order valence-electron chi connectivity index (χ3n) is 3.89. The number of benzene rings is 2. The van der Waals surface area contributed by atoms with E-state index < -0.39 is 24.1 Å². The van der Waals surface area contributed by atoms with E-state index in [9.17, 15) is 9.59 Å². The largest absolute Gasteiger partial charge is 0.497 e. The molecule has 0 radical (unpaired) electrons. The van der Waals surface area contributed by atoms with Crippen molar-refractivity contribution in [3.63, 3.8) is 0 Å². The van der Waals surface area contributed by atoms with Gasteiger partial charge in [0, 0.05) is 5.69 Å². The highest BCUT2D eigenvalue weighted by Crippen LogP contribution is 2.32. The quantitative estimate of drug-likeness (QED) is 0.674. The van der Waals surface area contributed by atoms with Gasteiger partial charge in [-0.15, -0.1) is 17.0 Å². The molecule has 1 aliphatic heterocycles. The van der Waals surface area contributed by atoms with E-state index in [0.717, 1.165) is 5.69 Å². The number of carbonyl (C=O) groups excluding carboxylic acids is 2. The molecular weight excluding hydrogens is 414 g/mol. The van der Waals surface area contributed by atoms with Crippen LogP contribution in [0.4, 0.5) is 5.69 Å². The van der Waals surface area contributed by atoms with Crippen LogP contribution in [0.15, 0.2) is 72.5 Å². The maximum atomic E-state index is 12.3. The predicted molar refractivity (Wildman–Crippen MR) is 106 cm³/mol. The number of methoxy groups -OCH3 is 1. The summed E-state index contributed by atoms with van der Waals surface area (Å²) < 4.78 is 16.1. The van der Waals surface area contributed by atoms with Crippen molar-refractivity contribution in [1.82, 2.24) is 0 Å². The molecule has 2 aromatic carbocycles. The second-order valence-corrected chi connectivity index (χ2v) is 5.65. The molecule has 142 valence electrons. The van der Waals surface area contributed by atoms with Gasteiger partial charge in [0.15, 0.2) is 12.2 Å². The summed E-state index contributed by atoms with van der Waals surface area (Å²) in [5, 5.41) is 3.00. The van der Waals surface area contributed by atoms with Crippen LogP contribution < -0.4 is 5.32 Å². The van der Waals surface area contributed by atoms with Crippen molar-refractivity contribution in [3.8, 4) is 0 Å². The maximum Gasteiger partial charge on any atom is 0.335 e. The lowest BCUT2D eigenvalue weighted by molar-refractivity contribution is -0.161. The molecule has 0 saturated carbocycles. The molecule has 1 N–H and O–H groups in total. The molecule has 0 spiro atoms. The van der Waals surface area contributed by atoms with Crippen molar-refractivity contribution in [3.05, 3.63) is 78.1 Å². The van der Waals surface area contributed by atoms with E-state index in [2.05, 4.69) is 5.32 Å². The summed E-state index contributed by atoms with van der Waals surface area (Å²) >= 11 is 0. The number of carbonyl (C=O) groups is 2. The summed E-state index contributed by atoms with van der Waals surface area (Å²) in [6.07, 6.45) is -0.342. The third kappa shape index (κ3) is 5.34. The highest BCUT2D eigenvalue weighted by Gasteiger charge is 2.38. The monoisotopic (exact) mass is 433 g/mol. The second-order valence-electron chi connectivity index (χ2n) is 5.65. The number of ether oxygens (including phenoxy) is 3. The third-order valence-corrected chi connectivity index (χ3v) is 3.89. The SMILES string of the molecule is Br.COC1=CC(=O)OC1C(OC(=O)CNc1ccccc1)c1ccccc1. The van der Waals surface area contributed by atoms with Gasteiger partial charge in [0.05, 0.1) is 13.2 Å². The minimum atomic E-state index is -0.810. The van der Waals surface area contributed by atoms with E-state index in [4.69, 9.17) is 14.2 Å². The molecule has 0 saturated heterocycles. The fraction of sp³-hybridized carbons (Fsp3) is 0.200. The van der Waals surface area contributed by atoms with Crippen molar-refractivity contribution in [1.29, 1.82) is 0 Å². The van der Waals surface area contributed by atoms with E-state index in [-0.39, 0.29) is 23.5 Å². The summed E-state index contributed by atoms with van der Waals surface area (Å²) in [5.41, 5.74) is 1.52. The number of halogens is 1. The number of para-hydroxylation sites is 1. The molecular formula is C20H20BrNO5. The van der Waals surface area contributed by atoms with E-state index >= 15 is 0 Å². The van der Waals surface area contributed by atoms with Crippen LogP contribution in [0.5, 0.6) is 0 Å². The Morgan fingerprint density at radius 2 is 1.74 bits per heavy atom. The molecule has 0 bridgehead atoms. The van der Waals surface area contributed by atoms with E-state index in [0.29, 0.717) is 11.3 Å². The topological polar surface area (TPSA) is 73.9 Å². The molecule has 6 nitrogen and oxygen atoms in total. The van der Waals surface area contributed by atoms with Crippen molar-refractivity contribution in [2.24, 2.45) is 0 Å². The molecule has 7 heteroatoms. The van der Waals surface area contributed by atoms with Crippen LogP contribution in [0.1, 0.15) is 11.7 Å². The Balaban J connectivity index is 0.00000261. The number of nitrogens with one attached hydrogen (secondary N) is 1. The van der Waals surface area contributed by atoms with Crippen molar-refractivity contribution in [2.75, 3.05) is 19.0 Å². The molecule has 0 amide bonds. The molecule has 0 aromatic heterocycles. The summed E-state index contributed by atoms with van der Waals surface area (Å²) in [4.78, 5) is 24.0. The van der Waals surface area contributed by atoms with Crippen LogP contribution in [0.2, 0.25) is 0 Å². The number of hydrogen-bond donors (Lipinski definition) is 1. The van der Waals surface area contributed by atoms with Gasteiger partial charge >= 0.3 is 11.9 Å². The lowest BCUT2D eigenvalue weighted by Gasteiger charge is -2.25. The van der Waals surface area contributed by atoms with Crippen LogP contribution in [-0.4, -0.2) is 31.7 Å². The fourth-order valence-electron chi connectivity index (χ4n) is 2.66. The zero-order valence-corrected chi connectivity index (χ0v) is 16.4. The van der Waals surface area contributed by atoms with Gasteiger partial charge in [0.25, 0.3) is 0 Å². The summed E-state index contributed by atoms with van der Waals surface area (Å²) in [5.74, 6) is -0.667. The van der Waals surface area contributed by atoms with Gasteiger partial charge in [-0.1, -0.05) is 48.5 Å². The highest BCUT2D eigenvalue weighted by atomic mass is 79.9. The molecule has 27 heavy (non-hydrogen) atoms. The molecule has 2 atom stereocenters. The predicted octanol–water partition coefficient (Wildman–Crippen LogP) is 3.42. The standard InChI is InChI=1S/C20H19NO5.BrH/c1-24-16-12-17(22)25-20(16)19(14-8-4-2-5-9-14)26-18(23)13-21-15-10-6-3-7-11-15;/h2-12,19-21H,13H2,1H3;1H. The molecule has 0 fully saturated rings. The Morgan fingerprint density at radius 1 is 1.11 bits per heavy atom. The smallest absolute Gasteiger partial charge is 0.335 e. The average Bonchev–Trinajstić information content (AvgIpc) is 3.06. The number of rotatable bonds is 7. The second kappa shape index (κ2) is 9.78. The lowest BCUT2D eigenvalue weighted by Crippen LogP contribution is -2.29. The number of cyclic esters (lactones) is 1. The zero-order chi connectivity index (χ0) is 18.4. The van der Waals surface area contributed by atoms with Crippen LogP contribution in [0.3, 0.4) is 0 Å². The molecule has 1 aliphatic rings. The molecule has 0 aliphatic carbocycles. The minimum Gasteiger partial charge on any atom is -0.497 e. The van der Waals surface area contributed by atoms with E-state index in [1.807, 2.05) is 60.7 Å². The Labute approximate surface area is 167 Å². The van der Waals surface area contributed by atoms with Crippen molar-refractivity contribution in [2.45, 2.75) is 12.2 Å². The number of esters is 2. The first-order chi connectivity index (χ1) is 12.7. The Morgan fingerprint density at radius 3 is 2.37 bits per heavy atom. The summed E-state index contributed by atoms with van der Waals surface area (Å²) in [7, 11) is 1.45. The van der Waals surface area contributed by atoms with Gasteiger partial charge in [0.1, 0.15) is 12.3 Å². The summed E-state index contributed by atoms with van der Waals surface area (Å²) in [6, 6.07) is 18.5. The van der Waals surface area contributed by atoms with Gasteiger partial charge in [-0.05, 0) is 17.7 Å². The highest BCUT2D eigenvalue weighted by molar-refractivity contribution is 8.93. The van der Waals surface area contributed by atoms with Crippen molar-refractivity contribution >= 4 is 34.6 Å². The van der Waals surface area contributed by atoms with Crippen LogP contribution in [0.25, 0.3) is 0 Å². The van der Waals surface area contributed by atoms with Crippen molar-refractivity contribution < 1.29 is 23.8 Å². The van der Waals surface area contributed by atoms with Gasteiger partial charge in [-0.2, -0.15) is 0 Å². The number of anilines is 1.